The van der Waals surface area contributed by atoms with Gasteiger partial charge in [0.15, 0.2) is 15.0 Å². The number of amides is 1. The van der Waals surface area contributed by atoms with E-state index in [0.717, 1.165) is 22.8 Å². The molecule has 1 fully saturated rings. The first-order chi connectivity index (χ1) is 13.8. The summed E-state index contributed by atoms with van der Waals surface area (Å²) in [5, 5.41) is 7.08. The molecule has 0 spiro atoms. The molecule has 3 heterocycles. The lowest BCUT2D eigenvalue weighted by atomic mass is 10.0. The predicted molar refractivity (Wildman–Crippen MR) is 117 cm³/mol. The quantitative estimate of drug-likeness (QED) is 0.712. The zero-order valence-electron chi connectivity index (χ0n) is 16.7. The number of hydrogen-bond acceptors (Lipinski definition) is 7. The van der Waals surface area contributed by atoms with Crippen LogP contribution in [0.5, 0.6) is 0 Å². The first kappa shape index (κ1) is 20.4. The lowest BCUT2D eigenvalue weighted by Gasteiger charge is -2.32. The Kier molecular flexibility index (Phi) is 5.70. The maximum absolute atomic E-state index is 13.1. The molecule has 3 aliphatic rings. The van der Waals surface area contributed by atoms with Crippen LogP contribution in [0.15, 0.2) is 34.4 Å². The van der Waals surface area contributed by atoms with Crippen molar-refractivity contribution in [3.8, 4) is 0 Å². The van der Waals surface area contributed by atoms with Crippen LogP contribution in [-0.4, -0.2) is 65.5 Å². The number of carbonyl (C=O) groups excluding carboxylic acids is 1. The summed E-state index contributed by atoms with van der Waals surface area (Å²) >= 11 is 1.38. The molecule has 1 amide bonds. The summed E-state index contributed by atoms with van der Waals surface area (Å²) in [6.45, 7) is 4.66. The second kappa shape index (κ2) is 8.10. The fourth-order valence-corrected chi connectivity index (χ4v) is 6.68. The molecule has 4 rings (SSSR count). The van der Waals surface area contributed by atoms with Gasteiger partial charge in [-0.3, -0.25) is 4.79 Å². The molecule has 0 N–H and O–H groups in total. The van der Waals surface area contributed by atoms with Gasteiger partial charge in [-0.15, -0.1) is 0 Å². The second-order valence-corrected chi connectivity index (χ2v) is 11.3. The van der Waals surface area contributed by atoms with Gasteiger partial charge in [0.25, 0.3) is 0 Å². The number of thioether (sulfide) groups is 1. The van der Waals surface area contributed by atoms with Crippen LogP contribution in [0.2, 0.25) is 0 Å². The van der Waals surface area contributed by atoms with Crippen LogP contribution in [-0.2, 0) is 14.6 Å². The molecule has 1 aromatic rings. The summed E-state index contributed by atoms with van der Waals surface area (Å²) in [7, 11) is -3.04. The monoisotopic (exact) mass is 434 g/mol. The Morgan fingerprint density at radius 1 is 1.34 bits per heavy atom. The Labute approximate surface area is 176 Å². The van der Waals surface area contributed by atoms with E-state index >= 15 is 0 Å². The van der Waals surface area contributed by atoms with Crippen molar-refractivity contribution >= 4 is 44.6 Å². The van der Waals surface area contributed by atoms with Crippen molar-refractivity contribution in [2.24, 2.45) is 16.0 Å². The summed E-state index contributed by atoms with van der Waals surface area (Å²) in [6.07, 6.45) is 3.24. The number of para-hydroxylation sites is 1. The van der Waals surface area contributed by atoms with Gasteiger partial charge >= 0.3 is 0 Å². The minimum Gasteiger partial charge on any atom is -0.338 e. The number of sulfone groups is 1. The lowest BCUT2D eigenvalue weighted by Crippen LogP contribution is -2.44. The van der Waals surface area contributed by atoms with Crippen LogP contribution in [0.3, 0.4) is 0 Å². The van der Waals surface area contributed by atoms with E-state index < -0.39 is 9.84 Å². The van der Waals surface area contributed by atoms with Crippen molar-refractivity contribution in [2.75, 3.05) is 23.8 Å². The maximum atomic E-state index is 13.1. The van der Waals surface area contributed by atoms with Gasteiger partial charge in [-0.2, -0.15) is 5.10 Å². The van der Waals surface area contributed by atoms with Crippen molar-refractivity contribution in [2.45, 2.75) is 38.8 Å². The molecular formula is C20H26N4O3S2. The Bertz CT molecular complexity index is 958. The van der Waals surface area contributed by atoms with E-state index in [1.54, 1.807) is 4.90 Å². The number of fused-ring (bicyclic) bond motifs is 3. The Morgan fingerprint density at radius 3 is 2.86 bits per heavy atom. The number of benzene rings is 1. The van der Waals surface area contributed by atoms with Crippen molar-refractivity contribution < 1.29 is 13.2 Å². The number of hydrogen-bond donors (Lipinski definition) is 0. The van der Waals surface area contributed by atoms with Crippen molar-refractivity contribution in [3.63, 3.8) is 0 Å². The van der Waals surface area contributed by atoms with Crippen LogP contribution < -0.4 is 0 Å². The van der Waals surface area contributed by atoms with E-state index in [2.05, 4.69) is 11.2 Å². The van der Waals surface area contributed by atoms with E-state index in [1.165, 1.54) is 11.8 Å². The zero-order valence-corrected chi connectivity index (χ0v) is 18.3. The lowest BCUT2D eigenvalue weighted by molar-refractivity contribution is -0.130. The highest BCUT2D eigenvalue weighted by molar-refractivity contribution is 8.14. The molecule has 0 aromatic heterocycles. The molecule has 2 atom stereocenters. The molecule has 3 aliphatic heterocycles. The molecule has 156 valence electrons. The molecule has 29 heavy (non-hydrogen) atoms. The smallest absolute Gasteiger partial charge is 0.233 e. The zero-order chi connectivity index (χ0) is 20.6. The molecule has 0 radical (unpaired) electrons. The van der Waals surface area contributed by atoms with Gasteiger partial charge in [0, 0.05) is 30.8 Å². The van der Waals surface area contributed by atoms with Crippen LogP contribution in [0.25, 0.3) is 0 Å². The predicted octanol–water partition coefficient (Wildman–Crippen LogP) is 2.83. The fourth-order valence-electron chi connectivity index (χ4n) is 4.06. The first-order valence-corrected chi connectivity index (χ1v) is 12.8. The second-order valence-electron chi connectivity index (χ2n) is 8.13. The maximum Gasteiger partial charge on any atom is 0.233 e. The van der Waals surface area contributed by atoms with Gasteiger partial charge in [0.05, 0.1) is 29.0 Å². The number of amidine groups is 1. The summed E-state index contributed by atoms with van der Waals surface area (Å²) < 4.78 is 23.8. The molecule has 9 heteroatoms. The third kappa shape index (κ3) is 4.35. The molecule has 1 saturated heterocycles. The van der Waals surface area contributed by atoms with Gasteiger partial charge in [-0.1, -0.05) is 43.8 Å². The van der Waals surface area contributed by atoms with Crippen molar-refractivity contribution in [1.29, 1.82) is 0 Å². The van der Waals surface area contributed by atoms with Crippen LogP contribution in [0.1, 0.15) is 38.3 Å². The summed E-state index contributed by atoms with van der Waals surface area (Å²) in [5.41, 5.74) is 2.08. The molecule has 0 aliphatic carbocycles. The molecule has 0 saturated carbocycles. The molecule has 0 bridgehead atoms. The standard InChI is InChI=1S/C20H26N4O3S2/c1-14(2)11-23(15-8-10-29(26,27)13-15)19(25)12-28-20-22-17-6-4-3-5-16(17)18-7-9-21-24(18)20/h3-6,9,14-15,18H,7-8,10-13H2,1-2H3. The largest absolute Gasteiger partial charge is 0.338 e. The Hall–Kier alpha value is -1.87. The average Bonchev–Trinajstić information content (AvgIpc) is 3.30. The number of carbonyl (C=O) groups is 1. The van der Waals surface area contributed by atoms with Gasteiger partial charge in [-0.25, -0.2) is 18.4 Å². The minimum absolute atomic E-state index is 0.0351. The molecule has 2 unspecified atom stereocenters. The van der Waals surface area contributed by atoms with E-state index in [9.17, 15) is 13.2 Å². The summed E-state index contributed by atoms with van der Waals surface area (Å²) in [5.74, 6) is 0.706. The van der Waals surface area contributed by atoms with Crippen molar-refractivity contribution in [1.82, 2.24) is 9.91 Å². The van der Waals surface area contributed by atoms with Gasteiger partial charge in [0.1, 0.15) is 0 Å². The van der Waals surface area contributed by atoms with Gasteiger partial charge in [0.2, 0.25) is 5.91 Å². The topological polar surface area (TPSA) is 82.4 Å². The molecule has 7 nitrogen and oxygen atoms in total. The van der Waals surface area contributed by atoms with Crippen LogP contribution in [0.4, 0.5) is 5.69 Å². The Morgan fingerprint density at radius 2 is 2.14 bits per heavy atom. The fraction of sp³-hybridized carbons (Fsp3) is 0.550. The van der Waals surface area contributed by atoms with E-state index in [1.807, 2.05) is 43.3 Å². The Balaban J connectivity index is 1.49. The molecular weight excluding hydrogens is 408 g/mol. The van der Waals surface area contributed by atoms with Crippen molar-refractivity contribution in [3.05, 3.63) is 29.8 Å². The average molecular weight is 435 g/mol. The highest BCUT2D eigenvalue weighted by Gasteiger charge is 2.36. The normalized spacial score (nSPS) is 24.4. The highest BCUT2D eigenvalue weighted by atomic mass is 32.2. The van der Waals surface area contributed by atoms with Crippen LogP contribution >= 0.6 is 11.8 Å². The van der Waals surface area contributed by atoms with Crippen LogP contribution in [0, 0.1) is 5.92 Å². The van der Waals surface area contributed by atoms with E-state index in [-0.39, 0.29) is 41.2 Å². The minimum atomic E-state index is -3.04. The van der Waals surface area contributed by atoms with Gasteiger partial charge < -0.3 is 4.90 Å². The van der Waals surface area contributed by atoms with E-state index in [4.69, 9.17) is 4.99 Å². The number of rotatable bonds is 5. The number of aliphatic imine (C=N–C) groups is 1. The number of nitrogens with zero attached hydrogens (tertiary/aromatic N) is 4. The number of hydrazone groups is 1. The summed E-state index contributed by atoms with van der Waals surface area (Å²) in [4.78, 5) is 19.5. The van der Waals surface area contributed by atoms with Gasteiger partial charge in [-0.05, 0) is 18.4 Å². The SMILES string of the molecule is CC(C)CN(C(=O)CSC1=Nc2ccccc2C2CC=NN12)C1CCS(=O)(=O)C1. The molecule has 1 aromatic carbocycles. The summed E-state index contributed by atoms with van der Waals surface area (Å²) in [6, 6.07) is 7.94. The highest BCUT2D eigenvalue weighted by Crippen LogP contribution is 2.40. The third-order valence-electron chi connectivity index (χ3n) is 5.39. The third-order valence-corrected chi connectivity index (χ3v) is 8.07. The first-order valence-electron chi connectivity index (χ1n) is 9.96. The van der Waals surface area contributed by atoms with E-state index in [0.29, 0.717) is 13.0 Å².